The van der Waals surface area contributed by atoms with Crippen LogP contribution in [0.2, 0.25) is 0 Å². The SMILES string of the molecule is CC(C)ONc1nc(Nc2ccnc(C(F)(F)F)c2)nc(-c2cccc(C(F)(F)F)n2)n1. The van der Waals surface area contributed by atoms with Crippen LogP contribution in [-0.2, 0) is 17.2 Å². The van der Waals surface area contributed by atoms with E-state index in [1.165, 1.54) is 12.1 Å². The van der Waals surface area contributed by atoms with E-state index in [1.54, 1.807) is 13.8 Å². The lowest BCUT2D eigenvalue weighted by Crippen LogP contribution is -2.14. The van der Waals surface area contributed by atoms with Gasteiger partial charge in [-0.25, -0.2) is 10.5 Å². The second-order valence-electron chi connectivity index (χ2n) is 6.53. The average Bonchev–Trinajstić information content (AvgIpc) is 2.71. The molecule has 0 aromatic carbocycles. The van der Waals surface area contributed by atoms with Crippen LogP contribution < -0.4 is 10.8 Å². The minimum Gasteiger partial charge on any atom is -0.324 e. The molecule has 14 heteroatoms. The monoisotopic (exact) mass is 459 g/mol. The maximum absolute atomic E-state index is 13.0. The van der Waals surface area contributed by atoms with E-state index in [4.69, 9.17) is 4.84 Å². The van der Waals surface area contributed by atoms with E-state index >= 15 is 0 Å². The van der Waals surface area contributed by atoms with Crippen molar-refractivity contribution in [2.75, 3.05) is 10.8 Å². The van der Waals surface area contributed by atoms with Gasteiger partial charge in [-0.1, -0.05) is 6.07 Å². The molecule has 0 saturated carbocycles. The van der Waals surface area contributed by atoms with Crippen molar-refractivity contribution in [3.8, 4) is 11.5 Å². The molecule has 8 nitrogen and oxygen atoms in total. The average molecular weight is 459 g/mol. The fraction of sp³-hybridized carbons (Fsp3) is 0.278. The predicted octanol–water partition coefficient (Wildman–Crippen LogP) is 4.86. The smallest absolute Gasteiger partial charge is 0.324 e. The van der Waals surface area contributed by atoms with E-state index in [0.717, 1.165) is 24.4 Å². The molecular weight excluding hydrogens is 444 g/mol. The quantitative estimate of drug-likeness (QED) is 0.398. The molecule has 0 aliphatic heterocycles. The highest BCUT2D eigenvalue weighted by Crippen LogP contribution is 2.31. The Bertz CT molecular complexity index is 1090. The summed E-state index contributed by atoms with van der Waals surface area (Å²) in [5, 5.41) is 2.55. The van der Waals surface area contributed by atoms with Gasteiger partial charge >= 0.3 is 12.4 Å². The number of halogens is 6. The molecule has 3 aromatic heterocycles. The first-order chi connectivity index (χ1) is 14.9. The Balaban J connectivity index is 2.01. The Morgan fingerprint density at radius 1 is 0.844 bits per heavy atom. The summed E-state index contributed by atoms with van der Waals surface area (Å²) in [5.41, 5.74) is -0.194. The highest BCUT2D eigenvalue weighted by Gasteiger charge is 2.33. The van der Waals surface area contributed by atoms with Crippen LogP contribution in [0.5, 0.6) is 0 Å². The zero-order chi connectivity index (χ0) is 23.5. The minimum absolute atomic E-state index is 0.0581. The molecule has 0 spiro atoms. The lowest BCUT2D eigenvalue weighted by Gasteiger charge is -2.13. The van der Waals surface area contributed by atoms with Gasteiger partial charge in [0.2, 0.25) is 5.95 Å². The molecule has 0 bridgehead atoms. The third-order valence-corrected chi connectivity index (χ3v) is 3.60. The van der Waals surface area contributed by atoms with Gasteiger partial charge in [0.1, 0.15) is 17.1 Å². The third-order valence-electron chi connectivity index (χ3n) is 3.60. The topological polar surface area (TPSA) is 97.7 Å². The molecule has 2 N–H and O–H groups in total. The van der Waals surface area contributed by atoms with Gasteiger partial charge in [-0.3, -0.25) is 9.82 Å². The summed E-state index contributed by atoms with van der Waals surface area (Å²) in [7, 11) is 0. The van der Waals surface area contributed by atoms with Crippen LogP contribution in [0.25, 0.3) is 11.5 Å². The van der Waals surface area contributed by atoms with Crippen molar-refractivity contribution in [1.82, 2.24) is 24.9 Å². The molecule has 0 aliphatic rings. The second kappa shape index (κ2) is 8.90. The van der Waals surface area contributed by atoms with Crippen LogP contribution in [-0.4, -0.2) is 31.0 Å². The number of alkyl halides is 6. The maximum Gasteiger partial charge on any atom is 0.433 e. The number of aromatic nitrogens is 5. The van der Waals surface area contributed by atoms with Crippen LogP contribution >= 0.6 is 0 Å². The van der Waals surface area contributed by atoms with Crippen molar-refractivity contribution >= 4 is 17.6 Å². The molecule has 0 amide bonds. The largest absolute Gasteiger partial charge is 0.433 e. The fourth-order valence-corrected chi connectivity index (χ4v) is 2.27. The molecule has 170 valence electrons. The van der Waals surface area contributed by atoms with Gasteiger partial charge in [-0.2, -0.15) is 41.3 Å². The van der Waals surface area contributed by atoms with Crippen molar-refractivity contribution in [3.05, 3.63) is 47.9 Å². The molecule has 0 unspecified atom stereocenters. The Morgan fingerprint density at radius 3 is 2.19 bits per heavy atom. The predicted molar refractivity (Wildman–Crippen MR) is 100 cm³/mol. The summed E-state index contributed by atoms with van der Waals surface area (Å²) in [5.74, 6) is -0.729. The summed E-state index contributed by atoms with van der Waals surface area (Å²) in [6.45, 7) is 3.39. The number of hydrogen-bond donors (Lipinski definition) is 2. The Hall–Kier alpha value is -3.55. The minimum atomic E-state index is -4.70. The van der Waals surface area contributed by atoms with Crippen LogP contribution in [0.15, 0.2) is 36.5 Å². The Morgan fingerprint density at radius 2 is 1.53 bits per heavy atom. The zero-order valence-corrected chi connectivity index (χ0v) is 16.5. The van der Waals surface area contributed by atoms with E-state index in [9.17, 15) is 26.3 Å². The van der Waals surface area contributed by atoms with Gasteiger partial charge < -0.3 is 5.32 Å². The third kappa shape index (κ3) is 6.00. The van der Waals surface area contributed by atoms with Crippen molar-refractivity contribution in [1.29, 1.82) is 0 Å². The fourth-order valence-electron chi connectivity index (χ4n) is 2.27. The van der Waals surface area contributed by atoms with Crippen LogP contribution in [0.4, 0.5) is 43.9 Å². The van der Waals surface area contributed by atoms with E-state index < -0.39 is 23.7 Å². The van der Waals surface area contributed by atoms with Crippen molar-refractivity contribution in [2.45, 2.75) is 32.3 Å². The summed E-state index contributed by atoms with van der Waals surface area (Å²) >= 11 is 0. The highest BCUT2D eigenvalue weighted by atomic mass is 19.4. The summed E-state index contributed by atoms with van der Waals surface area (Å²) < 4.78 is 77.8. The number of hydrogen-bond acceptors (Lipinski definition) is 8. The van der Waals surface area contributed by atoms with Crippen molar-refractivity contribution in [3.63, 3.8) is 0 Å². The first kappa shape index (κ1) is 23.1. The lowest BCUT2D eigenvalue weighted by molar-refractivity contribution is -0.141. The highest BCUT2D eigenvalue weighted by molar-refractivity contribution is 5.58. The van der Waals surface area contributed by atoms with Crippen LogP contribution in [0, 0.1) is 0 Å². The lowest BCUT2D eigenvalue weighted by atomic mass is 10.3. The molecule has 0 fully saturated rings. The molecule has 0 atom stereocenters. The zero-order valence-electron chi connectivity index (χ0n) is 16.5. The molecule has 3 rings (SSSR count). The van der Waals surface area contributed by atoms with Crippen molar-refractivity contribution < 1.29 is 31.2 Å². The number of pyridine rings is 2. The van der Waals surface area contributed by atoms with E-state index in [1.807, 2.05) is 0 Å². The molecular formula is C18H15F6N7O. The molecule has 0 radical (unpaired) electrons. The molecule has 32 heavy (non-hydrogen) atoms. The molecule has 3 heterocycles. The van der Waals surface area contributed by atoms with Crippen LogP contribution in [0.3, 0.4) is 0 Å². The number of anilines is 3. The molecule has 3 aromatic rings. The summed E-state index contributed by atoms with van der Waals surface area (Å²) in [6.07, 6.45) is -8.76. The molecule has 0 saturated heterocycles. The summed E-state index contributed by atoms with van der Waals surface area (Å²) in [4.78, 5) is 23.9. The van der Waals surface area contributed by atoms with Crippen LogP contribution in [0.1, 0.15) is 25.2 Å². The summed E-state index contributed by atoms with van der Waals surface area (Å²) in [6, 6.07) is 5.11. The first-order valence-electron chi connectivity index (χ1n) is 8.94. The van der Waals surface area contributed by atoms with E-state index in [0.29, 0.717) is 0 Å². The van der Waals surface area contributed by atoms with Gasteiger partial charge in [-0.05, 0) is 38.1 Å². The van der Waals surface area contributed by atoms with Gasteiger partial charge in [0, 0.05) is 11.9 Å². The van der Waals surface area contributed by atoms with Gasteiger partial charge in [0.05, 0.1) is 6.10 Å². The maximum atomic E-state index is 13.0. The second-order valence-corrected chi connectivity index (χ2v) is 6.53. The Labute approximate surface area is 177 Å². The van der Waals surface area contributed by atoms with Gasteiger partial charge in [0.15, 0.2) is 5.82 Å². The number of rotatable bonds is 6. The first-order valence-corrected chi connectivity index (χ1v) is 8.94. The van der Waals surface area contributed by atoms with E-state index in [-0.39, 0.29) is 35.2 Å². The molecule has 0 aliphatic carbocycles. The van der Waals surface area contributed by atoms with Gasteiger partial charge in [-0.15, -0.1) is 0 Å². The van der Waals surface area contributed by atoms with Crippen molar-refractivity contribution in [2.24, 2.45) is 0 Å². The Kier molecular flexibility index (Phi) is 6.43. The van der Waals surface area contributed by atoms with E-state index in [2.05, 4.69) is 35.7 Å². The number of nitrogens with zero attached hydrogens (tertiary/aromatic N) is 5. The van der Waals surface area contributed by atoms with Gasteiger partial charge in [0.25, 0.3) is 5.95 Å². The number of nitrogens with one attached hydrogen (secondary N) is 2. The standard InChI is InChI=1S/C18H15F6N7O/c1-9(2)32-31-16-29-14(11-4-3-5-12(27-11)17(19,20)21)28-15(30-16)26-10-6-7-25-13(8-10)18(22,23)24/h3-9H,1-2H3,(H2,25,26,28,29,30,31). The normalized spacial score (nSPS) is 12.2.